The smallest absolute Gasteiger partial charge is 0.247 e. The second-order valence-electron chi connectivity index (χ2n) is 11.6. The molecule has 2 aliphatic heterocycles. The van der Waals surface area contributed by atoms with Crippen LogP contribution in [0.1, 0.15) is 64.7 Å². The molecular weight excluding hydrogens is 518 g/mol. The number of aromatic amines is 1. The topological polar surface area (TPSA) is 123 Å². The fourth-order valence-electron chi connectivity index (χ4n) is 6.17. The first-order valence-corrected chi connectivity index (χ1v) is 14.8. The van der Waals surface area contributed by atoms with E-state index >= 15 is 0 Å². The largest absolute Gasteiger partial charge is 0.341 e. The van der Waals surface area contributed by atoms with E-state index in [0.29, 0.717) is 25.8 Å². The lowest BCUT2D eigenvalue weighted by molar-refractivity contribution is -0.144. The minimum atomic E-state index is -0.838. The molecule has 4 atom stereocenters. The number of likely N-dealkylation sites (N-methyl/N-ethyl adjacent to an activating group) is 1. The third kappa shape index (κ3) is 5.98. The first kappa shape index (κ1) is 28.7. The van der Waals surface area contributed by atoms with Gasteiger partial charge in [0.2, 0.25) is 17.7 Å². The van der Waals surface area contributed by atoms with E-state index in [-0.39, 0.29) is 42.3 Å². The number of nitrogens with one attached hydrogen (secondary N) is 3. The minimum Gasteiger partial charge on any atom is -0.341 e. The Balaban J connectivity index is 1.47. The van der Waals surface area contributed by atoms with Crippen molar-refractivity contribution in [2.45, 2.75) is 77.0 Å². The van der Waals surface area contributed by atoms with Gasteiger partial charge in [-0.2, -0.15) is 0 Å². The Labute approximate surface area is 241 Å². The molecule has 5 rings (SSSR count). The quantitative estimate of drug-likeness (QED) is 0.389. The summed E-state index contributed by atoms with van der Waals surface area (Å²) in [5, 5.41) is 6.01. The maximum atomic E-state index is 14.3. The summed E-state index contributed by atoms with van der Waals surface area (Å²) in [5.74, 6) is 0.552. The van der Waals surface area contributed by atoms with Crippen LogP contribution in [0.4, 0.5) is 0 Å². The minimum absolute atomic E-state index is 0.0222. The average Bonchev–Trinajstić information content (AvgIpc) is 3.58. The molecule has 0 saturated carbocycles. The zero-order valence-electron chi connectivity index (χ0n) is 24.4. The number of imidazole rings is 1. The zero-order chi connectivity index (χ0) is 29.1. The molecule has 10 heteroatoms. The predicted octanol–water partition coefficient (Wildman–Crippen LogP) is 3.42. The van der Waals surface area contributed by atoms with Gasteiger partial charge in [-0.25, -0.2) is 4.98 Å². The van der Waals surface area contributed by atoms with E-state index in [4.69, 9.17) is 4.98 Å². The molecule has 0 aliphatic carbocycles. The molecule has 0 radical (unpaired) electrons. The summed E-state index contributed by atoms with van der Waals surface area (Å²) < 4.78 is 0. The second-order valence-corrected chi connectivity index (χ2v) is 11.6. The molecule has 2 saturated heterocycles. The highest BCUT2D eigenvalue weighted by Gasteiger charge is 2.44. The van der Waals surface area contributed by atoms with Gasteiger partial charge in [-0.1, -0.05) is 51.1 Å². The number of benzene rings is 1. The van der Waals surface area contributed by atoms with E-state index < -0.39 is 12.1 Å². The summed E-state index contributed by atoms with van der Waals surface area (Å²) in [6.45, 7) is 6.66. The van der Waals surface area contributed by atoms with E-state index in [0.717, 1.165) is 41.0 Å². The third-order valence-corrected chi connectivity index (χ3v) is 8.30. The van der Waals surface area contributed by atoms with Crippen molar-refractivity contribution >= 4 is 28.8 Å². The molecular formula is C31H41N7O3. The van der Waals surface area contributed by atoms with Gasteiger partial charge in [-0.15, -0.1) is 0 Å². The Hall–Kier alpha value is -3.79. The van der Waals surface area contributed by atoms with E-state index in [1.54, 1.807) is 18.1 Å². The van der Waals surface area contributed by atoms with Crippen LogP contribution in [-0.4, -0.2) is 80.7 Å². The molecule has 10 nitrogen and oxygen atoms in total. The number of rotatable bonds is 8. The number of aromatic nitrogens is 3. The van der Waals surface area contributed by atoms with Crippen molar-refractivity contribution in [3.8, 4) is 11.3 Å². The molecule has 4 heterocycles. The van der Waals surface area contributed by atoms with Crippen LogP contribution in [0, 0.1) is 5.92 Å². The lowest BCUT2D eigenvalue weighted by atomic mass is 10.0. The Bertz CT molecular complexity index is 1380. The Morgan fingerprint density at radius 3 is 2.61 bits per heavy atom. The molecule has 218 valence electrons. The third-order valence-electron chi connectivity index (χ3n) is 8.30. The fourth-order valence-corrected chi connectivity index (χ4v) is 6.17. The van der Waals surface area contributed by atoms with Crippen molar-refractivity contribution in [3.05, 3.63) is 48.4 Å². The van der Waals surface area contributed by atoms with E-state index in [1.165, 1.54) is 0 Å². The Kier molecular flexibility index (Phi) is 8.68. The first-order chi connectivity index (χ1) is 19.8. The van der Waals surface area contributed by atoms with Gasteiger partial charge >= 0.3 is 0 Å². The number of H-pyrrole nitrogens is 1. The van der Waals surface area contributed by atoms with Gasteiger partial charge < -0.3 is 25.4 Å². The maximum absolute atomic E-state index is 14.3. The normalized spacial score (nSPS) is 22.0. The number of hydrogen-bond acceptors (Lipinski definition) is 6. The van der Waals surface area contributed by atoms with Crippen LogP contribution in [0.3, 0.4) is 0 Å². The van der Waals surface area contributed by atoms with Gasteiger partial charge in [-0.05, 0) is 44.7 Å². The molecule has 41 heavy (non-hydrogen) atoms. The van der Waals surface area contributed by atoms with Crippen LogP contribution in [0.25, 0.3) is 22.3 Å². The highest BCUT2D eigenvalue weighted by Crippen LogP contribution is 2.39. The van der Waals surface area contributed by atoms with Crippen LogP contribution in [0.5, 0.6) is 0 Å². The summed E-state index contributed by atoms with van der Waals surface area (Å²) >= 11 is 0. The number of nitrogens with zero attached hydrogens (tertiary/aromatic N) is 4. The molecule has 3 N–H and O–H groups in total. The zero-order valence-corrected chi connectivity index (χ0v) is 24.4. The molecule has 1 aromatic carbocycles. The number of pyridine rings is 1. The second kappa shape index (κ2) is 12.4. The van der Waals surface area contributed by atoms with Gasteiger partial charge in [0.15, 0.2) is 0 Å². The highest BCUT2D eigenvalue weighted by atomic mass is 16.2. The summed E-state index contributed by atoms with van der Waals surface area (Å²) in [7, 11) is 1.73. The van der Waals surface area contributed by atoms with E-state index in [1.807, 2.05) is 62.1 Å². The Morgan fingerprint density at radius 2 is 1.90 bits per heavy atom. The summed E-state index contributed by atoms with van der Waals surface area (Å²) in [5.41, 5.74) is 3.41. The fraction of sp³-hybridized carbons (Fsp3) is 0.516. The van der Waals surface area contributed by atoms with Crippen molar-refractivity contribution in [1.29, 1.82) is 0 Å². The number of amides is 3. The van der Waals surface area contributed by atoms with Gasteiger partial charge in [0.25, 0.3) is 0 Å². The van der Waals surface area contributed by atoms with Crippen molar-refractivity contribution in [2.75, 3.05) is 20.1 Å². The average molecular weight is 560 g/mol. The molecule has 2 fully saturated rings. The van der Waals surface area contributed by atoms with Crippen LogP contribution >= 0.6 is 0 Å². The summed E-state index contributed by atoms with van der Waals surface area (Å²) in [6.07, 6.45) is 5.02. The van der Waals surface area contributed by atoms with E-state index in [9.17, 15) is 14.4 Å². The van der Waals surface area contributed by atoms with Crippen LogP contribution < -0.4 is 10.6 Å². The van der Waals surface area contributed by atoms with Crippen LogP contribution in [0.2, 0.25) is 0 Å². The number of fused-ring (bicyclic) bond motifs is 2. The van der Waals surface area contributed by atoms with Crippen LogP contribution in [0.15, 0.2) is 42.6 Å². The Morgan fingerprint density at radius 1 is 1.12 bits per heavy atom. The van der Waals surface area contributed by atoms with Gasteiger partial charge in [0.1, 0.15) is 17.4 Å². The van der Waals surface area contributed by atoms with E-state index in [2.05, 4.69) is 20.6 Å². The molecule has 0 unspecified atom stereocenters. The molecule has 3 amide bonds. The molecule has 0 spiro atoms. The SMILES string of the molecule is CC[C@H](NC)C(=O)N[C@H]1CN(C(=O)CC(C)C)CC[C@H]2CC[C@@H](c3nc4c(-c5ccccc5)nccc4[nH]3)N2C1=O. The number of carbonyl (C=O) groups is 3. The van der Waals surface area contributed by atoms with Crippen molar-refractivity contribution in [1.82, 2.24) is 35.4 Å². The monoisotopic (exact) mass is 559 g/mol. The van der Waals surface area contributed by atoms with Gasteiger partial charge in [0, 0.05) is 37.3 Å². The lowest BCUT2D eigenvalue weighted by Crippen LogP contribution is -2.60. The highest BCUT2D eigenvalue weighted by molar-refractivity contribution is 5.92. The van der Waals surface area contributed by atoms with Gasteiger partial charge in [0.05, 0.1) is 23.3 Å². The van der Waals surface area contributed by atoms with Crippen molar-refractivity contribution in [2.24, 2.45) is 5.92 Å². The summed E-state index contributed by atoms with van der Waals surface area (Å²) in [4.78, 5) is 57.3. The number of carbonyl (C=O) groups excluding carboxylic acids is 3. The molecule has 0 bridgehead atoms. The van der Waals surface area contributed by atoms with Crippen molar-refractivity contribution in [3.63, 3.8) is 0 Å². The standard InChI is InChI=1S/C31H41N7O3/c1-5-22(32-4)30(40)35-24-18-37(26(39)17-19(2)3)16-14-21-11-12-25(38(21)31(24)41)29-34-23-13-15-33-27(28(23)36-29)20-9-7-6-8-10-20/h6-10,13,15,19,21-22,24-25,32H,5,11-12,14,16-18H2,1-4H3,(H,34,36)(H,35,40)/t21-,22+,24+,25+/m1/s1. The maximum Gasteiger partial charge on any atom is 0.247 e. The number of hydrogen-bond donors (Lipinski definition) is 3. The van der Waals surface area contributed by atoms with Crippen LogP contribution in [-0.2, 0) is 14.4 Å². The lowest BCUT2D eigenvalue weighted by Gasteiger charge is -2.39. The molecule has 3 aromatic rings. The van der Waals surface area contributed by atoms with Crippen molar-refractivity contribution < 1.29 is 14.4 Å². The molecule has 2 aliphatic rings. The predicted molar refractivity (Wildman–Crippen MR) is 158 cm³/mol. The first-order valence-electron chi connectivity index (χ1n) is 14.8. The molecule has 2 aromatic heterocycles. The summed E-state index contributed by atoms with van der Waals surface area (Å²) in [6, 6.07) is 10.3. The van der Waals surface area contributed by atoms with Gasteiger partial charge in [-0.3, -0.25) is 19.4 Å².